The first kappa shape index (κ1) is 13.6. The van der Waals surface area contributed by atoms with E-state index in [1.807, 2.05) is 30.3 Å². The van der Waals surface area contributed by atoms with Crippen LogP contribution in [0.5, 0.6) is 0 Å². The highest BCUT2D eigenvalue weighted by molar-refractivity contribution is 6.65. The highest BCUT2D eigenvalue weighted by Gasteiger charge is 2.35. The largest absolute Gasteiger partial charge is 0.398 e. The van der Waals surface area contributed by atoms with Crippen LogP contribution in [0.1, 0.15) is 18.1 Å². The number of nitrogens with two attached hydrogens (primary N) is 1. The second-order valence-electron chi connectivity index (χ2n) is 4.73. The summed E-state index contributed by atoms with van der Waals surface area (Å²) in [6.07, 6.45) is 3.90. The molecule has 4 heteroatoms. The summed E-state index contributed by atoms with van der Waals surface area (Å²) in [5.74, 6) is 0. The molecule has 0 aliphatic rings. The molecule has 2 aromatic rings. The summed E-state index contributed by atoms with van der Waals surface area (Å²) >= 11 is 5.83. The predicted molar refractivity (Wildman–Crippen MR) is 77.0 cm³/mol. The second kappa shape index (κ2) is 5.41. The molecule has 0 aliphatic carbocycles. The molecule has 0 aliphatic heterocycles. The number of rotatable bonds is 4. The highest BCUT2D eigenvalue weighted by atomic mass is 35.5. The number of hydrogen-bond donors (Lipinski definition) is 1. The van der Waals surface area contributed by atoms with E-state index in [2.05, 4.69) is 4.98 Å². The lowest BCUT2D eigenvalue weighted by molar-refractivity contribution is -0.116. The number of benzene rings is 1. The van der Waals surface area contributed by atoms with Gasteiger partial charge in [0.05, 0.1) is 5.41 Å². The van der Waals surface area contributed by atoms with Crippen molar-refractivity contribution in [1.29, 1.82) is 0 Å². The number of aromatic nitrogens is 1. The first-order valence-electron chi connectivity index (χ1n) is 5.98. The van der Waals surface area contributed by atoms with E-state index in [-0.39, 0.29) is 0 Å². The smallest absolute Gasteiger partial charge is 0.232 e. The molecule has 2 N–H and O–H groups in total. The van der Waals surface area contributed by atoms with Gasteiger partial charge < -0.3 is 5.73 Å². The maximum atomic E-state index is 11.9. The fraction of sp³-hybridized carbons (Fsp3) is 0.200. The molecule has 1 heterocycles. The number of para-hydroxylation sites is 1. The van der Waals surface area contributed by atoms with Gasteiger partial charge in [-0.15, -0.1) is 0 Å². The summed E-state index contributed by atoms with van der Waals surface area (Å²) in [6, 6.07) is 11.1. The molecule has 0 saturated heterocycles. The normalized spacial score (nSPS) is 13.8. The molecule has 0 spiro atoms. The Morgan fingerprint density at radius 3 is 2.63 bits per heavy atom. The summed E-state index contributed by atoms with van der Waals surface area (Å²) in [5, 5.41) is -0.422. The van der Waals surface area contributed by atoms with Gasteiger partial charge in [-0.3, -0.25) is 9.78 Å². The summed E-state index contributed by atoms with van der Waals surface area (Å²) in [4.78, 5) is 16.0. The molecule has 0 radical (unpaired) electrons. The quantitative estimate of drug-likeness (QED) is 0.689. The lowest BCUT2D eigenvalue weighted by Crippen LogP contribution is -2.32. The SMILES string of the molecule is CC(Cc1cccnc1)(C(=O)Cl)c1ccccc1N. The van der Waals surface area contributed by atoms with Gasteiger partial charge in [-0.05, 0) is 48.2 Å². The molecule has 1 aromatic heterocycles. The minimum atomic E-state index is -0.851. The number of pyridine rings is 1. The van der Waals surface area contributed by atoms with Gasteiger partial charge in [-0.1, -0.05) is 24.3 Å². The zero-order valence-electron chi connectivity index (χ0n) is 10.6. The number of anilines is 1. The topological polar surface area (TPSA) is 56.0 Å². The van der Waals surface area contributed by atoms with E-state index in [0.29, 0.717) is 12.1 Å². The number of hydrogen-bond acceptors (Lipinski definition) is 3. The van der Waals surface area contributed by atoms with E-state index in [9.17, 15) is 4.79 Å². The van der Waals surface area contributed by atoms with Crippen LogP contribution >= 0.6 is 11.6 Å². The van der Waals surface area contributed by atoms with Crippen molar-refractivity contribution in [3.05, 3.63) is 59.9 Å². The molecule has 1 unspecified atom stereocenters. The van der Waals surface area contributed by atoms with Crippen LogP contribution in [0.15, 0.2) is 48.8 Å². The third-order valence-electron chi connectivity index (χ3n) is 3.27. The summed E-state index contributed by atoms with van der Waals surface area (Å²) < 4.78 is 0. The van der Waals surface area contributed by atoms with Crippen LogP contribution in [-0.2, 0) is 16.6 Å². The maximum Gasteiger partial charge on any atom is 0.232 e. The summed E-state index contributed by atoms with van der Waals surface area (Å²) in [7, 11) is 0. The van der Waals surface area contributed by atoms with E-state index in [0.717, 1.165) is 11.1 Å². The second-order valence-corrected chi connectivity index (χ2v) is 5.07. The first-order valence-corrected chi connectivity index (χ1v) is 6.35. The lowest BCUT2D eigenvalue weighted by Gasteiger charge is -2.27. The molecule has 0 amide bonds. The summed E-state index contributed by atoms with van der Waals surface area (Å²) in [6.45, 7) is 1.81. The minimum Gasteiger partial charge on any atom is -0.398 e. The van der Waals surface area contributed by atoms with Gasteiger partial charge >= 0.3 is 0 Å². The van der Waals surface area contributed by atoms with Gasteiger partial charge in [0.15, 0.2) is 0 Å². The highest BCUT2D eigenvalue weighted by Crippen LogP contribution is 2.34. The molecule has 0 fully saturated rings. The fourth-order valence-electron chi connectivity index (χ4n) is 2.18. The van der Waals surface area contributed by atoms with Crippen LogP contribution in [-0.4, -0.2) is 10.2 Å². The van der Waals surface area contributed by atoms with Gasteiger partial charge in [0, 0.05) is 18.1 Å². The number of nitrogen functional groups attached to an aromatic ring is 1. The van der Waals surface area contributed by atoms with E-state index in [4.69, 9.17) is 17.3 Å². The van der Waals surface area contributed by atoms with Gasteiger partial charge in [-0.25, -0.2) is 0 Å². The zero-order valence-corrected chi connectivity index (χ0v) is 11.4. The van der Waals surface area contributed by atoms with E-state index < -0.39 is 10.7 Å². The van der Waals surface area contributed by atoms with Crippen molar-refractivity contribution in [2.24, 2.45) is 0 Å². The lowest BCUT2D eigenvalue weighted by atomic mass is 9.78. The van der Waals surface area contributed by atoms with Gasteiger partial charge in [0.1, 0.15) is 0 Å². The minimum absolute atomic E-state index is 0.422. The average Bonchev–Trinajstić information content (AvgIpc) is 2.40. The van der Waals surface area contributed by atoms with E-state index in [1.165, 1.54) is 0 Å². The standard InChI is InChI=1S/C15H15ClN2O/c1-15(14(16)19,9-11-5-4-8-18-10-11)12-6-2-3-7-13(12)17/h2-8,10H,9,17H2,1H3. The molecule has 0 bridgehead atoms. The van der Waals surface area contributed by atoms with Crippen LogP contribution in [0, 0.1) is 0 Å². The number of carbonyl (C=O) groups excluding carboxylic acids is 1. The third kappa shape index (κ3) is 2.76. The monoisotopic (exact) mass is 274 g/mol. The summed E-state index contributed by atoms with van der Waals surface area (Å²) in [5.41, 5.74) is 7.39. The van der Waals surface area contributed by atoms with Crippen LogP contribution in [0.25, 0.3) is 0 Å². The van der Waals surface area contributed by atoms with E-state index in [1.54, 1.807) is 25.4 Å². The van der Waals surface area contributed by atoms with Crippen molar-refractivity contribution < 1.29 is 4.79 Å². The Balaban J connectivity index is 2.45. The molecule has 98 valence electrons. The molecular formula is C15H15ClN2O. The van der Waals surface area contributed by atoms with Crippen LogP contribution in [0.2, 0.25) is 0 Å². The average molecular weight is 275 g/mol. The van der Waals surface area contributed by atoms with Crippen LogP contribution < -0.4 is 5.73 Å². The van der Waals surface area contributed by atoms with Gasteiger partial charge in [-0.2, -0.15) is 0 Å². The predicted octanol–water partition coefficient (Wildman–Crippen LogP) is 2.93. The molecule has 1 aromatic carbocycles. The van der Waals surface area contributed by atoms with Crippen molar-refractivity contribution in [2.45, 2.75) is 18.8 Å². The van der Waals surface area contributed by atoms with Crippen molar-refractivity contribution in [2.75, 3.05) is 5.73 Å². The van der Waals surface area contributed by atoms with E-state index >= 15 is 0 Å². The van der Waals surface area contributed by atoms with Crippen LogP contribution in [0.3, 0.4) is 0 Å². The Kier molecular flexibility index (Phi) is 3.86. The fourth-order valence-corrected chi connectivity index (χ4v) is 2.35. The Labute approximate surface area is 117 Å². The maximum absolute atomic E-state index is 11.9. The van der Waals surface area contributed by atoms with Gasteiger partial charge in [0.2, 0.25) is 5.24 Å². The molecule has 19 heavy (non-hydrogen) atoms. The Morgan fingerprint density at radius 2 is 2.05 bits per heavy atom. The Morgan fingerprint density at radius 1 is 1.32 bits per heavy atom. The van der Waals surface area contributed by atoms with Crippen LogP contribution in [0.4, 0.5) is 5.69 Å². The molecular weight excluding hydrogens is 260 g/mol. The Hall–Kier alpha value is -1.87. The molecule has 3 nitrogen and oxygen atoms in total. The van der Waals surface area contributed by atoms with Crippen molar-refractivity contribution in [3.8, 4) is 0 Å². The number of halogens is 1. The Bertz CT molecular complexity index is 586. The number of carbonyl (C=O) groups is 1. The first-order chi connectivity index (χ1) is 9.04. The zero-order chi connectivity index (χ0) is 13.9. The van der Waals surface area contributed by atoms with Crippen molar-refractivity contribution in [1.82, 2.24) is 4.98 Å². The molecule has 2 rings (SSSR count). The molecule has 0 saturated carbocycles. The van der Waals surface area contributed by atoms with Crippen molar-refractivity contribution in [3.63, 3.8) is 0 Å². The van der Waals surface area contributed by atoms with Gasteiger partial charge in [0.25, 0.3) is 0 Å². The third-order valence-corrected chi connectivity index (χ3v) is 3.69. The van der Waals surface area contributed by atoms with Crippen molar-refractivity contribution >= 4 is 22.5 Å². The molecule has 1 atom stereocenters. The number of nitrogens with zero attached hydrogens (tertiary/aromatic N) is 1.